The van der Waals surface area contributed by atoms with E-state index in [2.05, 4.69) is 5.32 Å². The Balaban J connectivity index is 1.96. The molecule has 5 heteroatoms. The number of halogens is 2. The molecule has 0 aliphatic heterocycles. The molecule has 92 valence electrons. The van der Waals surface area contributed by atoms with Crippen LogP contribution in [0.4, 0.5) is 4.39 Å². The average Bonchev–Trinajstić information content (AvgIpc) is 3.13. The molecular formula is C12H13ClFNO2. The van der Waals surface area contributed by atoms with Crippen molar-refractivity contribution in [2.45, 2.75) is 18.9 Å². The van der Waals surface area contributed by atoms with Crippen molar-refractivity contribution in [3.63, 3.8) is 0 Å². The van der Waals surface area contributed by atoms with Crippen molar-refractivity contribution in [1.82, 2.24) is 5.32 Å². The molecule has 0 heterocycles. The van der Waals surface area contributed by atoms with Crippen molar-refractivity contribution in [2.75, 3.05) is 6.54 Å². The number of aliphatic hydroxyl groups excluding tert-OH is 1. The maximum absolute atomic E-state index is 13.5. The van der Waals surface area contributed by atoms with Gasteiger partial charge in [-0.3, -0.25) is 4.79 Å². The fraction of sp³-hybridized carbons (Fsp3) is 0.417. The molecule has 0 bridgehead atoms. The van der Waals surface area contributed by atoms with Crippen LogP contribution in [0, 0.1) is 11.7 Å². The van der Waals surface area contributed by atoms with Crippen molar-refractivity contribution in [1.29, 1.82) is 0 Å². The lowest BCUT2D eigenvalue weighted by molar-refractivity contribution is 0.0897. The number of carbonyl (C=O) groups excluding carboxylic acids is 1. The van der Waals surface area contributed by atoms with Crippen LogP contribution in [0.3, 0.4) is 0 Å². The molecule has 1 aromatic rings. The Kier molecular flexibility index (Phi) is 3.64. The fourth-order valence-corrected chi connectivity index (χ4v) is 1.79. The Labute approximate surface area is 104 Å². The van der Waals surface area contributed by atoms with Gasteiger partial charge in [-0.2, -0.15) is 0 Å². The van der Waals surface area contributed by atoms with E-state index in [1.165, 1.54) is 18.2 Å². The molecule has 1 amide bonds. The Morgan fingerprint density at radius 2 is 2.29 bits per heavy atom. The molecule has 1 aromatic carbocycles. The Bertz CT molecular complexity index is 435. The molecule has 0 radical (unpaired) electrons. The number of carbonyl (C=O) groups is 1. The van der Waals surface area contributed by atoms with Gasteiger partial charge in [-0.15, -0.1) is 0 Å². The molecule has 0 aromatic heterocycles. The molecule has 17 heavy (non-hydrogen) atoms. The van der Waals surface area contributed by atoms with Gasteiger partial charge in [0.1, 0.15) is 0 Å². The third-order valence-electron chi connectivity index (χ3n) is 2.83. The van der Waals surface area contributed by atoms with Gasteiger partial charge in [0.25, 0.3) is 5.91 Å². The molecular weight excluding hydrogens is 245 g/mol. The van der Waals surface area contributed by atoms with Crippen molar-refractivity contribution < 1.29 is 14.3 Å². The highest BCUT2D eigenvalue weighted by Crippen LogP contribution is 2.32. The van der Waals surface area contributed by atoms with E-state index < -0.39 is 17.8 Å². The minimum absolute atomic E-state index is 0.0830. The molecule has 0 saturated heterocycles. The van der Waals surface area contributed by atoms with E-state index in [9.17, 15) is 14.3 Å². The van der Waals surface area contributed by atoms with Crippen LogP contribution in [0.15, 0.2) is 18.2 Å². The number of rotatable bonds is 4. The van der Waals surface area contributed by atoms with Gasteiger partial charge in [-0.1, -0.05) is 17.7 Å². The van der Waals surface area contributed by atoms with Gasteiger partial charge >= 0.3 is 0 Å². The Morgan fingerprint density at radius 1 is 1.59 bits per heavy atom. The summed E-state index contributed by atoms with van der Waals surface area (Å²) in [7, 11) is 0. The first-order chi connectivity index (χ1) is 8.09. The number of amides is 1. The molecule has 0 spiro atoms. The zero-order chi connectivity index (χ0) is 12.4. The van der Waals surface area contributed by atoms with E-state index in [0.717, 1.165) is 12.8 Å². The van der Waals surface area contributed by atoms with Gasteiger partial charge < -0.3 is 10.4 Å². The second kappa shape index (κ2) is 5.02. The molecule has 1 saturated carbocycles. The van der Waals surface area contributed by atoms with Crippen LogP contribution < -0.4 is 5.32 Å². The number of hydrogen-bond donors (Lipinski definition) is 2. The predicted octanol–water partition coefficient (Wildman–Crippen LogP) is 1.98. The van der Waals surface area contributed by atoms with Crippen molar-refractivity contribution >= 4 is 17.5 Å². The van der Waals surface area contributed by atoms with Gasteiger partial charge in [0, 0.05) is 6.54 Å². The van der Waals surface area contributed by atoms with Crippen LogP contribution >= 0.6 is 11.6 Å². The monoisotopic (exact) mass is 257 g/mol. The first-order valence-corrected chi connectivity index (χ1v) is 5.87. The summed E-state index contributed by atoms with van der Waals surface area (Å²) in [5, 5.41) is 12.0. The quantitative estimate of drug-likeness (QED) is 0.867. The van der Waals surface area contributed by atoms with Gasteiger partial charge in [-0.25, -0.2) is 4.39 Å². The van der Waals surface area contributed by atoms with Gasteiger partial charge in [-0.05, 0) is 30.9 Å². The Morgan fingerprint density at radius 3 is 2.94 bits per heavy atom. The number of benzene rings is 1. The predicted molar refractivity (Wildman–Crippen MR) is 62.5 cm³/mol. The van der Waals surface area contributed by atoms with E-state index in [4.69, 9.17) is 11.6 Å². The largest absolute Gasteiger partial charge is 0.391 e. The minimum atomic E-state index is -0.729. The van der Waals surface area contributed by atoms with Crippen LogP contribution in [0.2, 0.25) is 5.02 Å². The summed E-state index contributed by atoms with van der Waals surface area (Å²) in [5.41, 5.74) is -0.0968. The summed E-state index contributed by atoms with van der Waals surface area (Å²) in [6.45, 7) is 0.148. The third kappa shape index (κ3) is 2.96. The summed E-state index contributed by atoms with van der Waals surface area (Å²) in [5.74, 6) is -1.00. The molecule has 1 fully saturated rings. The van der Waals surface area contributed by atoms with Gasteiger partial charge in [0.05, 0.1) is 16.7 Å². The topological polar surface area (TPSA) is 49.3 Å². The molecule has 1 aliphatic rings. The molecule has 1 aliphatic carbocycles. The van der Waals surface area contributed by atoms with Crippen LogP contribution in [-0.4, -0.2) is 23.7 Å². The van der Waals surface area contributed by atoms with Crippen molar-refractivity contribution in [2.24, 2.45) is 5.92 Å². The van der Waals surface area contributed by atoms with Gasteiger partial charge in [0.15, 0.2) is 5.82 Å². The van der Waals surface area contributed by atoms with Crippen LogP contribution in [0.25, 0.3) is 0 Å². The van der Waals surface area contributed by atoms with Crippen LogP contribution in [-0.2, 0) is 0 Å². The normalized spacial score (nSPS) is 16.6. The second-order valence-corrected chi connectivity index (χ2v) is 4.62. The highest BCUT2D eigenvalue weighted by Gasteiger charge is 2.29. The number of aliphatic hydroxyl groups is 1. The summed E-state index contributed by atoms with van der Waals surface area (Å²) < 4.78 is 13.5. The molecule has 2 rings (SSSR count). The minimum Gasteiger partial charge on any atom is -0.391 e. The lowest BCUT2D eigenvalue weighted by atomic mass is 10.2. The zero-order valence-electron chi connectivity index (χ0n) is 9.12. The highest BCUT2D eigenvalue weighted by atomic mass is 35.5. The van der Waals surface area contributed by atoms with Gasteiger partial charge in [0.2, 0.25) is 0 Å². The van der Waals surface area contributed by atoms with E-state index in [1.54, 1.807) is 0 Å². The number of hydrogen-bond acceptors (Lipinski definition) is 2. The first-order valence-electron chi connectivity index (χ1n) is 5.50. The van der Waals surface area contributed by atoms with Crippen LogP contribution in [0.1, 0.15) is 23.2 Å². The molecule has 3 nitrogen and oxygen atoms in total. The number of nitrogens with one attached hydrogen (secondary N) is 1. The summed E-state index contributed by atoms with van der Waals surface area (Å²) in [6.07, 6.45) is 1.44. The van der Waals surface area contributed by atoms with E-state index in [0.29, 0.717) is 0 Å². The maximum atomic E-state index is 13.5. The summed E-state index contributed by atoms with van der Waals surface area (Å²) in [6, 6.07) is 4.25. The second-order valence-electron chi connectivity index (χ2n) is 4.22. The lowest BCUT2D eigenvalue weighted by Gasteiger charge is -2.11. The van der Waals surface area contributed by atoms with Crippen LogP contribution in [0.5, 0.6) is 0 Å². The van der Waals surface area contributed by atoms with Crippen molar-refractivity contribution in [3.8, 4) is 0 Å². The molecule has 1 unspecified atom stereocenters. The standard InChI is InChI=1S/C12H13ClFNO2/c13-9-3-1-2-8(11(9)14)12(17)15-6-10(16)7-4-5-7/h1-3,7,10,16H,4-6H2,(H,15,17). The first kappa shape index (κ1) is 12.3. The van der Waals surface area contributed by atoms with Crippen molar-refractivity contribution in [3.05, 3.63) is 34.6 Å². The van der Waals surface area contributed by atoms with E-state index in [1.807, 2.05) is 0 Å². The lowest BCUT2D eigenvalue weighted by Crippen LogP contribution is -2.33. The summed E-state index contributed by atoms with van der Waals surface area (Å²) in [4.78, 5) is 11.6. The SMILES string of the molecule is O=C(NCC(O)C1CC1)c1cccc(Cl)c1F. The summed E-state index contributed by atoms with van der Waals surface area (Å²) >= 11 is 5.58. The molecule has 2 N–H and O–H groups in total. The van der Waals surface area contributed by atoms with E-state index in [-0.39, 0.29) is 23.0 Å². The third-order valence-corrected chi connectivity index (χ3v) is 3.13. The maximum Gasteiger partial charge on any atom is 0.254 e. The molecule has 1 atom stereocenters. The Hall–Kier alpha value is -1.13. The zero-order valence-corrected chi connectivity index (χ0v) is 9.88. The highest BCUT2D eigenvalue weighted by molar-refractivity contribution is 6.31. The van der Waals surface area contributed by atoms with E-state index >= 15 is 0 Å². The average molecular weight is 258 g/mol. The fourth-order valence-electron chi connectivity index (χ4n) is 1.62. The smallest absolute Gasteiger partial charge is 0.254 e.